The summed E-state index contributed by atoms with van der Waals surface area (Å²) in [6.07, 6.45) is 3.85. The molecule has 0 aliphatic carbocycles. The van der Waals surface area contributed by atoms with E-state index in [1.54, 1.807) is 6.20 Å². The van der Waals surface area contributed by atoms with Gasteiger partial charge in [0.1, 0.15) is 5.82 Å². The molecular weight excluding hydrogens is 200 g/mol. The Hall–Kier alpha value is -1.38. The van der Waals surface area contributed by atoms with E-state index >= 15 is 0 Å². The maximum absolute atomic E-state index is 11.1. The second-order valence-corrected chi connectivity index (χ2v) is 5.32. The summed E-state index contributed by atoms with van der Waals surface area (Å²) >= 11 is 0. The van der Waals surface area contributed by atoms with E-state index in [0.29, 0.717) is 5.41 Å². The molecule has 3 heteroatoms. The van der Waals surface area contributed by atoms with E-state index in [1.165, 1.54) is 0 Å². The molecule has 1 aromatic heterocycles. The van der Waals surface area contributed by atoms with Crippen molar-refractivity contribution >= 4 is 12.1 Å². The molecule has 1 aliphatic rings. The van der Waals surface area contributed by atoms with Gasteiger partial charge < -0.3 is 4.90 Å². The maximum atomic E-state index is 11.1. The summed E-state index contributed by atoms with van der Waals surface area (Å²) < 4.78 is 0. The number of hydrogen-bond acceptors (Lipinski definition) is 3. The van der Waals surface area contributed by atoms with Crippen molar-refractivity contribution in [3.05, 3.63) is 23.4 Å². The number of hydrogen-bond donors (Lipinski definition) is 0. The number of carbonyl (C=O) groups excluding carboxylic acids is 1. The van der Waals surface area contributed by atoms with Crippen molar-refractivity contribution in [3.63, 3.8) is 0 Å². The molecule has 2 rings (SSSR count). The fourth-order valence-corrected chi connectivity index (χ4v) is 2.25. The molecule has 0 spiro atoms. The Labute approximate surface area is 96.5 Å². The highest BCUT2D eigenvalue weighted by Gasteiger charge is 2.31. The largest absolute Gasteiger partial charge is 0.355 e. The van der Waals surface area contributed by atoms with Crippen molar-refractivity contribution in [2.24, 2.45) is 5.41 Å². The number of nitrogens with zero attached hydrogens (tertiary/aromatic N) is 2. The molecule has 0 atom stereocenters. The average Bonchev–Trinajstić information content (AvgIpc) is 2.58. The Kier molecular flexibility index (Phi) is 2.70. The SMILES string of the molecule is Cc1ccnc(N2CCC(C)(C)C2)c1C=O. The van der Waals surface area contributed by atoms with Gasteiger partial charge in [0.2, 0.25) is 0 Å². The molecule has 0 unspecified atom stereocenters. The van der Waals surface area contributed by atoms with E-state index < -0.39 is 0 Å². The van der Waals surface area contributed by atoms with Crippen LogP contribution in [0.4, 0.5) is 5.82 Å². The van der Waals surface area contributed by atoms with E-state index in [9.17, 15) is 4.79 Å². The molecule has 86 valence electrons. The number of pyridine rings is 1. The lowest BCUT2D eigenvalue weighted by atomic mass is 9.93. The van der Waals surface area contributed by atoms with Crippen LogP contribution in [-0.4, -0.2) is 24.4 Å². The summed E-state index contributed by atoms with van der Waals surface area (Å²) in [5.41, 5.74) is 2.07. The Morgan fingerprint density at radius 3 is 2.81 bits per heavy atom. The van der Waals surface area contributed by atoms with Gasteiger partial charge in [0.25, 0.3) is 0 Å². The quantitative estimate of drug-likeness (QED) is 0.715. The lowest BCUT2D eigenvalue weighted by molar-refractivity contribution is 0.112. The van der Waals surface area contributed by atoms with Crippen LogP contribution < -0.4 is 4.90 Å². The highest BCUT2D eigenvalue weighted by Crippen LogP contribution is 2.33. The van der Waals surface area contributed by atoms with E-state index in [1.807, 2.05) is 13.0 Å². The van der Waals surface area contributed by atoms with Gasteiger partial charge in [-0.1, -0.05) is 13.8 Å². The molecule has 1 aromatic rings. The number of rotatable bonds is 2. The van der Waals surface area contributed by atoms with Gasteiger partial charge in [-0.2, -0.15) is 0 Å². The molecule has 1 saturated heterocycles. The molecule has 3 nitrogen and oxygen atoms in total. The first kappa shape index (κ1) is 11.1. The van der Waals surface area contributed by atoms with Crippen molar-refractivity contribution in [2.45, 2.75) is 27.2 Å². The lowest BCUT2D eigenvalue weighted by Gasteiger charge is -2.22. The molecular formula is C13H18N2O. The van der Waals surface area contributed by atoms with Crippen LogP contribution in [0, 0.1) is 12.3 Å². The van der Waals surface area contributed by atoms with Gasteiger partial charge in [-0.05, 0) is 30.4 Å². The van der Waals surface area contributed by atoms with E-state index in [2.05, 4.69) is 23.7 Å². The minimum atomic E-state index is 0.325. The van der Waals surface area contributed by atoms with Crippen molar-refractivity contribution < 1.29 is 4.79 Å². The van der Waals surface area contributed by atoms with Crippen molar-refractivity contribution in [1.29, 1.82) is 0 Å². The first-order valence-electron chi connectivity index (χ1n) is 5.69. The van der Waals surface area contributed by atoms with Gasteiger partial charge in [0.15, 0.2) is 6.29 Å². The maximum Gasteiger partial charge on any atom is 0.154 e. The molecule has 16 heavy (non-hydrogen) atoms. The number of anilines is 1. The normalized spacial score (nSPS) is 18.8. The molecule has 0 saturated carbocycles. The fraction of sp³-hybridized carbons (Fsp3) is 0.538. The Balaban J connectivity index is 2.35. The zero-order valence-corrected chi connectivity index (χ0v) is 10.2. The molecule has 1 aliphatic heterocycles. The zero-order chi connectivity index (χ0) is 11.8. The first-order chi connectivity index (χ1) is 7.53. The summed E-state index contributed by atoms with van der Waals surface area (Å²) in [5, 5.41) is 0. The Bertz CT molecular complexity index is 412. The summed E-state index contributed by atoms with van der Waals surface area (Å²) in [6, 6.07) is 1.88. The topological polar surface area (TPSA) is 33.2 Å². The third-order valence-electron chi connectivity index (χ3n) is 3.28. The molecule has 0 radical (unpaired) electrons. The average molecular weight is 218 g/mol. The zero-order valence-electron chi connectivity index (χ0n) is 10.2. The van der Waals surface area contributed by atoms with E-state index in [4.69, 9.17) is 0 Å². The van der Waals surface area contributed by atoms with Crippen LogP contribution in [0.15, 0.2) is 12.3 Å². The summed E-state index contributed by atoms with van der Waals surface area (Å²) in [4.78, 5) is 17.7. The van der Waals surface area contributed by atoms with Crippen LogP contribution >= 0.6 is 0 Å². The van der Waals surface area contributed by atoms with Gasteiger partial charge in [-0.15, -0.1) is 0 Å². The minimum absolute atomic E-state index is 0.325. The second-order valence-electron chi connectivity index (χ2n) is 5.32. The third kappa shape index (κ3) is 1.94. The highest BCUT2D eigenvalue weighted by molar-refractivity contribution is 5.85. The van der Waals surface area contributed by atoms with Gasteiger partial charge >= 0.3 is 0 Å². The summed E-state index contributed by atoms with van der Waals surface area (Å²) in [7, 11) is 0. The van der Waals surface area contributed by atoms with Gasteiger partial charge in [-0.3, -0.25) is 4.79 Å². The standard InChI is InChI=1S/C13H18N2O/c1-10-4-6-14-12(11(10)8-16)15-7-5-13(2,3)9-15/h4,6,8H,5,7,9H2,1-3H3. The van der Waals surface area contributed by atoms with Gasteiger partial charge in [-0.25, -0.2) is 4.98 Å². The first-order valence-corrected chi connectivity index (χ1v) is 5.69. The Morgan fingerprint density at radius 1 is 1.50 bits per heavy atom. The smallest absolute Gasteiger partial charge is 0.154 e. The van der Waals surface area contributed by atoms with Gasteiger partial charge in [0.05, 0.1) is 5.56 Å². The molecule has 0 N–H and O–H groups in total. The van der Waals surface area contributed by atoms with Crippen LogP contribution in [0.5, 0.6) is 0 Å². The molecule has 1 fully saturated rings. The molecule has 0 amide bonds. The van der Waals surface area contributed by atoms with Crippen LogP contribution in [0.1, 0.15) is 36.2 Å². The van der Waals surface area contributed by atoms with E-state index in [-0.39, 0.29) is 0 Å². The van der Waals surface area contributed by atoms with Crippen molar-refractivity contribution in [3.8, 4) is 0 Å². The fourth-order valence-electron chi connectivity index (χ4n) is 2.25. The third-order valence-corrected chi connectivity index (χ3v) is 3.28. The van der Waals surface area contributed by atoms with Gasteiger partial charge in [0, 0.05) is 19.3 Å². The number of aryl methyl sites for hydroxylation is 1. The van der Waals surface area contributed by atoms with Crippen molar-refractivity contribution in [2.75, 3.05) is 18.0 Å². The number of aldehydes is 1. The predicted molar refractivity (Wildman–Crippen MR) is 65.0 cm³/mol. The van der Waals surface area contributed by atoms with Crippen molar-refractivity contribution in [1.82, 2.24) is 4.98 Å². The number of aromatic nitrogens is 1. The predicted octanol–water partition coefficient (Wildman–Crippen LogP) is 2.44. The van der Waals surface area contributed by atoms with Crippen LogP contribution in [-0.2, 0) is 0 Å². The molecule has 2 heterocycles. The van der Waals surface area contributed by atoms with Crippen LogP contribution in [0.25, 0.3) is 0 Å². The molecule has 0 bridgehead atoms. The van der Waals surface area contributed by atoms with E-state index in [0.717, 1.165) is 42.7 Å². The minimum Gasteiger partial charge on any atom is -0.355 e. The van der Waals surface area contributed by atoms with Crippen LogP contribution in [0.3, 0.4) is 0 Å². The lowest BCUT2D eigenvalue weighted by Crippen LogP contribution is -2.25. The monoisotopic (exact) mass is 218 g/mol. The summed E-state index contributed by atoms with van der Waals surface area (Å²) in [5.74, 6) is 0.848. The second kappa shape index (κ2) is 3.89. The Morgan fingerprint density at radius 2 is 2.25 bits per heavy atom. The molecule has 0 aromatic carbocycles. The highest BCUT2D eigenvalue weighted by atomic mass is 16.1. The number of carbonyl (C=O) groups is 1. The summed E-state index contributed by atoms with van der Waals surface area (Å²) in [6.45, 7) is 8.43. The van der Waals surface area contributed by atoms with Crippen LogP contribution in [0.2, 0.25) is 0 Å².